The molecule has 0 aliphatic carbocycles. The van der Waals surface area contributed by atoms with Crippen LogP contribution in [0.5, 0.6) is 5.75 Å². The van der Waals surface area contributed by atoms with Gasteiger partial charge in [0.2, 0.25) is 0 Å². The Labute approximate surface area is 158 Å². The quantitative estimate of drug-likeness (QED) is 0.338. The van der Waals surface area contributed by atoms with Gasteiger partial charge in [-0.05, 0) is 48.4 Å². The normalized spacial score (nSPS) is 10.6. The third-order valence-electron chi connectivity index (χ3n) is 3.64. The lowest BCUT2D eigenvalue weighted by Gasteiger charge is -2.06. The zero-order valence-electron chi connectivity index (χ0n) is 15.1. The first-order valence-corrected chi connectivity index (χ1v) is 8.31. The number of anilines is 2. The molecule has 27 heavy (non-hydrogen) atoms. The third kappa shape index (κ3) is 6.36. The number of hydrogen-bond donors (Lipinski definition) is 2. The summed E-state index contributed by atoms with van der Waals surface area (Å²) in [5.41, 5.74) is 14.6. The number of benzene rings is 2. The molecule has 2 aromatic rings. The maximum absolute atomic E-state index is 11.8. The van der Waals surface area contributed by atoms with E-state index in [-0.39, 0.29) is 6.61 Å². The summed E-state index contributed by atoms with van der Waals surface area (Å²) in [6.07, 6.45) is 3.46. The maximum atomic E-state index is 11.8. The van der Waals surface area contributed by atoms with Gasteiger partial charge in [-0.15, -0.1) is 0 Å². The van der Waals surface area contributed by atoms with Crippen molar-refractivity contribution in [2.45, 2.75) is 13.3 Å². The molecule has 0 bridgehead atoms. The minimum atomic E-state index is -0.483. The molecule has 0 aliphatic heterocycles. The SMILES string of the molecule is C=C(C)C(=O)Oc1ccc(/C=C/C(=O)OCCc2ccc(N)cc2N)cc1. The molecule has 0 saturated carbocycles. The van der Waals surface area contributed by atoms with Gasteiger partial charge in [-0.25, -0.2) is 9.59 Å². The summed E-state index contributed by atoms with van der Waals surface area (Å²) in [6.45, 7) is 5.31. The number of nitrogens with two attached hydrogens (primary N) is 2. The Morgan fingerprint density at radius 3 is 2.44 bits per heavy atom. The smallest absolute Gasteiger partial charge is 0.338 e. The summed E-state index contributed by atoms with van der Waals surface area (Å²) in [4.78, 5) is 23.2. The predicted octanol–water partition coefficient (Wildman–Crippen LogP) is 3.13. The Bertz CT molecular complexity index is 870. The van der Waals surface area contributed by atoms with Crippen LogP contribution in [0.2, 0.25) is 0 Å². The van der Waals surface area contributed by atoms with Crippen molar-refractivity contribution >= 4 is 29.4 Å². The Hall–Kier alpha value is -3.54. The highest BCUT2D eigenvalue weighted by Gasteiger charge is 2.05. The first-order chi connectivity index (χ1) is 12.8. The van der Waals surface area contributed by atoms with E-state index in [9.17, 15) is 9.59 Å². The van der Waals surface area contributed by atoms with E-state index in [1.54, 1.807) is 49.4 Å². The fourth-order valence-electron chi connectivity index (χ4n) is 2.16. The highest BCUT2D eigenvalue weighted by Crippen LogP contribution is 2.16. The van der Waals surface area contributed by atoms with Gasteiger partial charge in [0.05, 0.1) is 6.61 Å². The molecule has 0 radical (unpaired) electrons. The molecule has 2 aromatic carbocycles. The Morgan fingerprint density at radius 1 is 1.11 bits per heavy atom. The lowest BCUT2D eigenvalue weighted by atomic mass is 10.1. The number of carbonyl (C=O) groups is 2. The van der Waals surface area contributed by atoms with Gasteiger partial charge in [0.1, 0.15) is 5.75 Å². The Kier molecular flexibility index (Phi) is 6.77. The summed E-state index contributed by atoms with van der Waals surface area (Å²) in [5.74, 6) is -0.533. The lowest BCUT2D eigenvalue weighted by molar-refractivity contribution is -0.137. The van der Waals surface area contributed by atoms with Crippen molar-refractivity contribution in [1.82, 2.24) is 0 Å². The molecule has 0 heterocycles. The van der Waals surface area contributed by atoms with Crippen molar-refractivity contribution < 1.29 is 19.1 Å². The van der Waals surface area contributed by atoms with Gasteiger partial charge in [-0.2, -0.15) is 0 Å². The second kappa shape index (κ2) is 9.24. The highest BCUT2D eigenvalue weighted by atomic mass is 16.5. The third-order valence-corrected chi connectivity index (χ3v) is 3.64. The minimum Gasteiger partial charge on any atom is -0.462 e. The average Bonchev–Trinajstić information content (AvgIpc) is 2.63. The van der Waals surface area contributed by atoms with E-state index in [0.29, 0.717) is 29.1 Å². The second-order valence-electron chi connectivity index (χ2n) is 5.95. The van der Waals surface area contributed by atoms with Gasteiger partial charge >= 0.3 is 11.9 Å². The molecule has 0 amide bonds. The number of esters is 2. The zero-order chi connectivity index (χ0) is 19.8. The van der Waals surface area contributed by atoms with E-state index in [1.165, 1.54) is 6.08 Å². The van der Waals surface area contributed by atoms with Crippen molar-refractivity contribution in [1.29, 1.82) is 0 Å². The number of nitrogen functional groups attached to an aromatic ring is 2. The largest absolute Gasteiger partial charge is 0.462 e. The predicted molar refractivity (Wildman–Crippen MR) is 106 cm³/mol. The molecule has 4 N–H and O–H groups in total. The Morgan fingerprint density at radius 2 is 1.81 bits per heavy atom. The van der Waals surface area contributed by atoms with E-state index in [4.69, 9.17) is 20.9 Å². The van der Waals surface area contributed by atoms with E-state index in [2.05, 4.69) is 6.58 Å². The van der Waals surface area contributed by atoms with E-state index >= 15 is 0 Å². The van der Waals surface area contributed by atoms with Crippen molar-refractivity contribution in [3.8, 4) is 5.75 Å². The van der Waals surface area contributed by atoms with Gasteiger partial charge in [0.25, 0.3) is 0 Å². The van der Waals surface area contributed by atoms with Crippen LogP contribution in [0.25, 0.3) is 6.08 Å². The first-order valence-electron chi connectivity index (χ1n) is 8.31. The van der Waals surface area contributed by atoms with Crippen LogP contribution in [-0.2, 0) is 20.7 Å². The standard InChI is InChI=1S/C21H22N2O4/c1-14(2)21(25)27-18-8-3-15(4-9-18)5-10-20(24)26-12-11-16-6-7-17(22)13-19(16)23/h3-10,13H,1,11-12,22-23H2,2H3/b10-5+. The van der Waals surface area contributed by atoms with Crippen LogP contribution in [0.1, 0.15) is 18.1 Å². The van der Waals surface area contributed by atoms with Gasteiger partial charge in [-0.1, -0.05) is 24.8 Å². The van der Waals surface area contributed by atoms with Crippen LogP contribution in [-0.4, -0.2) is 18.5 Å². The first kappa shape index (κ1) is 19.8. The molecular formula is C21H22N2O4. The van der Waals surface area contributed by atoms with E-state index in [1.807, 2.05) is 6.07 Å². The molecule has 6 heteroatoms. The maximum Gasteiger partial charge on any atom is 0.338 e. The van der Waals surface area contributed by atoms with Crippen LogP contribution in [0.4, 0.5) is 11.4 Å². The fourth-order valence-corrected chi connectivity index (χ4v) is 2.16. The number of hydrogen-bond acceptors (Lipinski definition) is 6. The van der Waals surface area contributed by atoms with Crippen LogP contribution in [0.3, 0.4) is 0 Å². The van der Waals surface area contributed by atoms with Gasteiger partial charge in [0.15, 0.2) is 0 Å². The van der Waals surface area contributed by atoms with E-state index in [0.717, 1.165) is 11.1 Å². The molecule has 6 nitrogen and oxygen atoms in total. The summed E-state index contributed by atoms with van der Waals surface area (Å²) in [6, 6.07) is 12.0. The molecule has 0 saturated heterocycles. The molecule has 0 spiro atoms. The summed E-state index contributed by atoms with van der Waals surface area (Å²) >= 11 is 0. The number of carbonyl (C=O) groups excluding carboxylic acids is 2. The van der Waals surface area contributed by atoms with Crippen molar-refractivity contribution in [2.75, 3.05) is 18.1 Å². The second-order valence-corrected chi connectivity index (χ2v) is 5.95. The lowest BCUT2D eigenvalue weighted by Crippen LogP contribution is -2.07. The van der Waals surface area contributed by atoms with Crippen LogP contribution in [0.15, 0.2) is 60.7 Å². The van der Waals surface area contributed by atoms with Crippen LogP contribution < -0.4 is 16.2 Å². The average molecular weight is 366 g/mol. The molecule has 0 atom stereocenters. The van der Waals surface area contributed by atoms with Crippen molar-refractivity contribution in [3.05, 3.63) is 71.8 Å². The zero-order valence-corrected chi connectivity index (χ0v) is 15.1. The number of ether oxygens (including phenoxy) is 2. The van der Waals surface area contributed by atoms with Crippen molar-refractivity contribution in [2.24, 2.45) is 0 Å². The molecule has 0 aromatic heterocycles. The van der Waals surface area contributed by atoms with Crippen LogP contribution >= 0.6 is 0 Å². The van der Waals surface area contributed by atoms with Gasteiger partial charge < -0.3 is 20.9 Å². The van der Waals surface area contributed by atoms with Crippen molar-refractivity contribution in [3.63, 3.8) is 0 Å². The topological polar surface area (TPSA) is 105 Å². The minimum absolute atomic E-state index is 0.215. The molecule has 0 unspecified atom stereocenters. The molecular weight excluding hydrogens is 344 g/mol. The fraction of sp³-hybridized carbons (Fsp3) is 0.143. The monoisotopic (exact) mass is 366 g/mol. The molecule has 0 fully saturated rings. The molecule has 0 aliphatic rings. The molecule has 2 rings (SSSR count). The van der Waals surface area contributed by atoms with Crippen LogP contribution in [0, 0.1) is 0 Å². The summed E-state index contributed by atoms with van der Waals surface area (Å²) in [5, 5.41) is 0. The highest BCUT2D eigenvalue weighted by molar-refractivity contribution is 5.89. The summed E-state index contributed by atoms with van der Waals surface area (Å²) in [7, 11) is 0. The summed E-state index contributed by atoms with van der Waals surface area (Å²) < 4.78 is 10.3. The van der Waals surface area contributed by atoms with E-state index < -0.39 is 11.9 Å². The molecule has 140 valence electrons. The van der Waals surface area contributed by atoms with Gasteiger partial charge in [0, 0.05) is 29.4 Å². The van der Waals surface area contributed by atoms with Gasteiger partial charge in [-0.3, -0.25) is 0 Å². The number of rotatable bonds is 7. The Balaban J connectivity index is 1.82.